The van der Waals surface area contributed by atoms with E-state index < -0.39 is 41.9 Å². The maximum Gasteiger partial charge on any atom is 0.322 e. The molecule has 0 bridgehead atoms. The lowest BCUT2D eigenvalue weighted by Gasteiger charge is -2.34. The molecule has 1 saturated heterocycles. The Morgan fingerprint density at radius 3 is 2.37 bits per heavy atom. The number of ether oxygens (including phenoxy) is 1. The number of carboxylic acid groups (broad SMARTS) is 1. The van der Waals surface area contributed by atoms with Crippen LogP contribution >= 0.6 is 12.4 Å². The highest BCUT2D eigenvalue weighted by Crippen LogP contribution is 2.23. The highest BCUT2D eigenvalue weighted by atomic mass is 35.5. The minimum absolute atomic E-state index is 0. The average Bonchev–Trinajstić information content (AvgIpc) is 2.94. The van der Waals surface area contributed by atoms with Crippen molar-refractivity contribution in [3.8, 4) is 11.1 Å². The molecule has 5 N–H and O–H groups in total. The molecular weight excluding hydrogens is 548 g/mol. The predicted molar refractivity (Wildman–Crippen MR) is 158 cm³/mol. The van der Waals surface area contributed by atoms with Gasteiger partial charge in [0.25, 0.3) is 11.8 Å². The third-order valence-corrected chi connectivity index (χ3v) is 6.92. The van der Waals surface area contributed by atoms with Gasteiger partial charge in [0.05, 0.1) is 0 Å². The first-order chi connectivity index (χ1) is 19.0. The Hall–Kier alpha value is -3.47. The molecule has 0 unspecified atom stereocenters. The molecule has 41 heavy (non-hydrogen) atoms. The van der Waals surface area contributed by atoms with Gasteiger partial charge in [-0.15, -0.1) is 12.4 Å². The highest BCUT2D eigenvalue weighted by molar-refractivity contribution is 5.90. The summed E-state index contributed by atoms with van der Waals surface area (Å²) in [5.74, 6) is -2.90. The van der Waals surface area contributed by atoms with Crippen molar-refractivity contribution >= 4 is 36.2 Å². The minimum atomic E-state index is -1.07. The third-order valence-electron chi connectivity index (χ3n) is 6.92. The van der Waals surface area contributed by atoms with Gasteiger partial charge in [0, 0.05) is 19.0 Å². The molecule has 3 rings (SSSR count). The number of hydrazine groups is 1. The average molecular weight is 589 g/mol. The molecule has 10 nitrogen and oxygen atoms in total. The molecule has 0 saturated carbocycles. The number of rotatable bonds is 11. The summed E-state index contributed by atoms with van der Waals surface area (Å²) in [7, 11) is 0. The van der Waals surface area contributed by atoms with Crippen LogP contribution in [0.1, 0.15) is 64.1 Å². The molecule has 1 aliphatic heterocycles. The molecule has 0 aromatic heterocycles. The van der Waals surface area contributed by atoms with Gasteiger partial charge in [-0.3, -0.25) is 24.2 Å². The van der Waals surface area contributed by atoms with E-state index in [9.17, 15) is 24.3 Å². The van der Waals surface area contributed by atoms with E-state index in [1.54, 1.807) is 13.8 Å². The fourth-order valence-corrected chi connectivity index (χ4v) is 4.52. The summed E-state index contributed by atoms with van der Waals surface area (Å²) in [6, 6.07) is 14.2. The zero-order valence-electron chi connectivity index (χ0n) is 24.0. The van der Waals surface area contributed by atoms with Crippen LogP contribution in [0.25, 0.3) is 11.1 Å². The first-order valence-electron chi connectivity index (χ1n) is 13.7. The van der Waals surface area contributed by atoms with E-state index in [2.05, 4.69) is 16.8 Å². The number of carbonyl (C=O) groups is 4. The Kier molecular flexibility index (Phi) is 12.8. The highest BCUT2D eigenvalue weighted by Gasteiger charge is 2.33. The van der Waals surface area contributed by atoms with Gasteiger partial charge in [-0.2, -0.15) is 0 Å². The Labute approximate surface area is 247 Å². The number of nitrogens with zero attached hydrogens (tertiary/aromatic N) is 1. The number of amides is 2. The van der Waals surface area contributed by atoms with E-state index in [4.69, 9.17) is 10.5 Å². The zero-order chi connectivity index (χ0) is 29.4. The fourth-order valence-electron chi connectivity index (χ4n) is 4.52. The number of aryl methyl sites for hydroxylation is 1. The van der Waals surface area contributed by atoms with Crippen LogP contribution in [0, 0.1) is 5.92 Å². The van der Waals surface area contributed by atoms with Crippen LogP contribution in [0.4, 0.5) is 0 Å². The molecule has 11 heteroatoms. The summed E-state index contributed by atoms with van der Waals surface area (Å²) in [6.07, 6.45) is 0.428. The molecule has 1 fully saturated rings. The quantitative estimate of drug-likeness (QED) is 0.292. The molecule has 224 valence electrons. The van der Waals surface area contributed by atoms with Crippen LogP contribution in [0.3, 0.4) is 0 Å². The number of carbonyl (C=O) groups excluding carboxylic acids is 3. The minimum Gasteiger partial charge on any atom is -0.480 e. The summed E-state index contributed by atoms with van der Waals surface area (Å²) in [4.78, 5) is 49.6. The molecule has 0 aliphatic carbocycles. The summed E-state index contributed by atoms with van der Waals surface area (Å²) < 4.78 is 5.52. The Bertz CT molecular complexity index is 1200. The summed E-state index contributed by atoms with van der Waals surface area (Å²) in [5, 5.41) is 13.1. The lowest BCUT2D eigenvalue weighted by Crippen LogP contribution is -2.60. The van der Waals surface area contributed by atoms with E-state index in [1.807, 2.05) is 49.4 Å². The number of hydrogen-bond acceptors (Lipinski definition) is 7. The molecule has 2 aromatic rings. The molecule has 1 heterocycles. The first-order valence-corrected chi connectivity index (χ1v) is 13.7. The zero-order valence-corrected chi connectivity index (χ0v) is 24.8. The summed E-state index contributed by atoms with van der Waals surface area (Å²) in [5.41, 5.74) is 12.8. The van der Waals surface area contributed by atoms with Gasteiger partial charge in [0.2, 0.25) is 0 Å². The van der Waals surface area contributed by atoms with Crippen molar-refractivity contribution in [2.45, 2.75) is 77.6 Å². The number of esters is 1. The van der Waals surface area contributed by atoms with Crippen molar-refractivity contribution < 1.29 is 29.0 Å². The number of carboxylic acids is 1. The van der Waals surface area contributed by atoms with E-state index in [1.165, 1.54) is 11.9 Å². The van der Waals surface area contributed by atoms with E-state index in [0.29, 0.717) is 25.8 Å². The molecule has 2 amide bonds. The van der Waals surface area contributed by atoms with Gasteiger partial charge in [0.15, 0.2) is 6.10 Å². The second-order valence-corrected chi connectivity index (χ2v) is 10.6. The molecule has 0 spiro atoms. The third kappa shape index (κ3) is 9.55. The smallest absolute Gasteiger partial charge is 0.322 e. The van der Waals surface area contributed by atoms with Gasteiger partial charge >= 0.3 is 11.9 Å². The van der Waals surface area contributed by atoms with Gasteiger partial charge in [-0.25, -0.2) is 5.43 Å². The maximum atomic E-state index is 12.9. The summed E-state index contributed by atoms with van der Waals surface area (Å²) >= 11 is 0. The summed E-state index contributed by atoms with van der Waals surface area (Å²) in [6.45, 7) is 7.31. The standard InChI is InChI=1S/C30H40N4O6.ClH/c1-18(2)27(28(36)32-20(4)29(37)34-16-6-9-25(33-34)30(38)39)40-26(35)15-12-21-10-13-22(14-11-21)24-8-5-7-23(17-24)19(3)31;/h5,7-8,10-11,13-14,17-20,25,27,33H,6,9,12,15-16,31H2,1-4H3,(H,32,36)(H,38,39);1H/t19-,20+,25+,27+;/m1./s1. The van der Waals surface area contributed by atoms with Crippen LogP contribution in [-0.2, 0) is 30.3 Å². The normalized spacial score (nSPS) is 17.1. The topological polar surface area (TPSA) is 151 Å². The van der Waals surface area contributed by atoms with Crippen molar-refractivity contribution in [1.82, 2.24) is 15.8 Å². The van der Waals surface area contributed by atoms with E-state index in [0.717, 1.165) is 22.3 Å². The number of benzene rings is 2. The number of halogens is 1. The first kappa shape index (κ1) is 33.7. The van der Waals surface area contributed by atoms with Crippen molar-refractivity contribution in [3.05, 3.63) is 59.7 Å². The maximum absolute atomic E-state index is 12.9. The number of aliphatic carboxylic acids is 1. The second kappa shape index (κ2) is 15.5. The van der Waals surface area contributed by atoms with Crippen molar-refractivity contribution in [2.75, 3.05) is 6.54 Å². The lowest BCUT2D eigenvalue weighted by atomic mass is 9.99. The van der Waals surface area contributed by atoms with Crippen LogP contribution in [0.2, 0.25) is 0 Å². The fraction of sp³-hybridized carbons (Fsp3) is 0.467. The number of nitrogens with two attached hydrogens (primary N) is 1. The van der Waals surface area contributed by atoms with Crippen molar-refractivity contribution in [1.29, 1.82) is 0 Å². The SMILES string of the molecule is CC(C)[C@H](OC(=O)CCc1ccc(-c2cccc([C@@H](C)N)c2)cc1)C(=O)N[C@@H](C)C(=O)N1CCC[C@@H](C(=O)O)N1.Cl. The van der Waals surface area contributed by atoms with Gasteiger partial charge in [-0.05, 0) is 67.3 Å². The monoisotopic (exact) mass is 588 g/mol. The Morgan fingerprint density at radius 2 is 1.76 bits per heavy atom. The van der Waals surface area contributed by atoms with Gasteiger partial charge in [0.1, 0.15) is 12.1 Å². The van der Waals surface area contributed by atoms with Gasteiger partial charge < -0.3 is 20.9 Å². The van der Waals surface area contributed by atoms with Crippen LogP contribution in [-0.4, -0.2) is 58.6 Å². The van der Waals surface area contributed by atoms with Crippen LogP contribution < -0.4 is 16.5 Å². The van der Waals surface area contributed by atoms with E-state index >= 15 is 0 Å². The Balaban J connectivity index is 0.00000588. The van der Waals surface area contributed by atoms with Crippen molar-refractivity contribution in [2.24, 2.45) is 11.7 Å². The van der Waals surface area contributed by atoms with Gasteiger partial charge in [-0.1, -0.05) is 56.3 Å². The number of nitrogens with one attached hydrogen (secondary N) is 2. The predicted octanol–water partition coefficient (Wildman–Crippen LogP) is 3.38. The van der Waals surface area contributed by atoms with Crippen LogP contribution in [0.15, 0.2) is 48.5 Å². The largest absolute Gasteiger partial charge is 0.480 e. The molecule has 4 atom stereocenters. The molecule has 2 aromatic carbocycles. The lowest BCUT2D eigenvalue weighted by molar-refractivity contribution is -0.159. The number of hydrogen-bond donors (Lipinski definition) is 4. The Morgan fingerprint density at radius 1 is 1.07 bits per heavy atom. The van der Waals surface area contributed by atoms with E-state index in [-0.39, 0.29) is 30.8 Å². The van der Waals surface area contributed by atoms with Crippen molar-refractivity contribution in [3.63, 3.8) is 0 Å². The second-order valence-electron chi connectivity index (χ2n) is 10.6. The molecule has 1 aliphatic rings. The molecular formula is C30H41ClN4O6. The van der Waals surface area contributed by atoms with Crippen LogP contribution in [0.5, 0.6) is 0 Å². The molecule has 0 radical (unpaired) electrons.